The first-order valence-corrected chi connectivity index (χ1v) is 10.1. The lowest BCUT2D eigenvalue weighted by Gasteiger charge is -2.14. The van der Waals surface area contributed by atoms with Crippen molar-refractivity contribution in [3.63, 3.8) is 0 Å². The number of fused-ring (bicyclic) bond motifs is 1. The molecule has 1 aromatic heterocycles. The van der Waals surface area contributed by atoms with Crippen LogP contribution in [0.5, 0.6) is 11.5 Å². The van der Waals surface area contributed by atoms with Gasteiger partial charge in [-0.25, -0.2) is 0 Å². The maximum Gasteiger partial charge on any atom is 0.244 e. The molecular weight excluding hydrogens is 378 g/mol. The number of nitrogens with one attached hydrogen (secondary N) is 1. The SMILES string of the molecule is CCOc1c(/C(C)=C/C(=O)NCc2cccc(OC)c2)cc2c(C)c(C)oc2c1C. The zero-order chi connectivity index (χ0) is 21.8. The number of rotatable bonds is 7. The molecule has 1 heterocycles. The number of hydrogen-bond acceptors (Lipinski definition) is 4. The second kappa shape index (κ2) is 9.08. The van der Waals surface area contributed by atoms with Gasteiger partial charge in [0.15, 0.2) is 0 Å². The second-order valence-corrected chi connectivity index (χ2v) is 7.37. The van der Waals surface area contributed by atoms with Crippen LogP contribution in [0.4, 0.5) is 0 Å². The minimum Gasteiger partial charge on any atom is -0.497 e. The average molecular weight is 408 g/mol. The Bertz CT molecular complexity index is 1110. The Balaban J connectivity index is 1.89. The fraction of sp³-hybridized carbons (Fsp3) is 0.320. The molecule has 0 radical (unpaired) electrons. The summed E-state index contributed by atoms with van der Waals surface area (Å²) in [5, 5.41) is 3.99. The number of aryl methyl sites for hydroxylation is 3. The molecule has 0 aliphatic rings. The Hall–Kier alpha value is -3.21. The number of allylic oxidation sites excluding steroid dienone is 1. The van der Waals surface area contributed by atoms with Gasteiger partial charge in [-0.2, -0.15) is 0 Å². The fourth-order valence-corrected chi connectivity index (χ4v) is 3.53. The molecule has 0 aliphatic heterocycles. The predicted molar refractivity (Wildman–Crippen MR) is 120 cm³/mol. The summed E-state index contributed by atoms with van der Waals surface area (Å²) in [7, 11) is 1.63. The Morgan fingerprint density at radius 1 is 1.17 bits per heavy atom. The van der Waals surface area contributed by atoms with Gasteiger partial charge in [0.2, 0.25) is 5.91 Å². The number of benzene rings is 2. The molecule has 3 aromatic rings. The number of carbonyl (C=O) groups excluding carboxylic acids is 1. The number of methoxy groups -OCH3 is 1. The summed E-state index contributed by atoms with van der Waals surface area (Å²) in [5.41, 5.74) is 5.61. The summed E-state index contributed by atoms with van der Waals surface area (Å²) < 4.78 is 17.1. The first-order chi connectivity index (χ1) is 14.3. The highest BCUT2D eigenvalue weighted by Crippen LogP contribution is 2.38. The normalized spacial score (nSPS) is 11.6. The molecular formula is C25H29NO4. The largest absolute Gasteiger partial charge is 0.497 e. The smallest absolute Gasteiger partial charge is 0.244 e. The van der Waals surface area contributed by atoms with Crippen LogP contribution in [-0.2, 0) is 11.3 Å². The molecule has 30 heavy (non-hydrogen) atoms. The summed E-state index contributed by atoms with van der Waals surface area (Å²) in [4.78, 5) is 12.6. The van der Waals surface area contributed by atoms with Crippen molar-refractivity contribution in [1.29, 1.82) is 0 Å². The van der Waals surface area contributed by atoms with Crippen LogP contribution in [0.1, 0.15) is 41.9 Å². The fourth-order valence-electron chi connectivity index (χ4n) is 3.53. The average Bonchev–Trinajstić information content (AvgIpc) is 3.03. The molecule has 0 atom stereocenters. The van der Waals surface area contributed by atoms with Crippen LogP contribution in [0.2, 0.25) is 0 Å². The van der Waals surface area contributed by atoms with E-state index in [4.69, 9.17) is 13.9 Å². The summed E-state index contributed by atoms with van der Waals surface area (Å²) in [6.07, 6.45) is 1.62. The molecule has 2 aromatic carbocycles. The van der Waals surface area contributed by atoms with Gasteiger partial charge in [-0.1, -0.05) is 12.1 Å². The summed E-state index contributed by atoms with van der Waals surface area (Å²) >= 11 is 0. The molecule has 0 saturated carbocycles. The van der Waals surface area contributed by atoms with E-state index in [2.05, 4.69) is 11.4 Å². The third-order valence-corrected chi connectivity index (χ3v) is 5.31. The molecule has 158 valence electrons. The van der Waals surface area contributed by atoms with Gasteiger partial charge in [0.25, 0.3) is 0 Å². The van der Waals surface area contributed by atoms with E-state index in [1.54, 1.807) is 13.2 Å². The minimum absolute atomic E-state index is 0.157. The van der Waals surface area contributed by atoms with Crippen LogP contribution in [0.25, 0.3) is 16.5 Å². The molecule has 3 rings (SSSR count). The van der Waals surface area contributed by atoms with E-state index < -0.39 is 0 Å². The quantitative estimate of drug-likeness (QED) is 0.527. The van der Waals surface area contributed by atoms with Gasteiger partial charge in [0, 0.05) is 29.1 Å². The van der Waals surface area contributed by atoms with Gasteiger partial charge >= 0.3 is 0 Å². The van der Waals surface area contributed by atoms with Crippen molar-refractivity contribution in [2.45, 2.75) is 41.2 Å². The zero-order valence-electron chi connectivity index (χ0n) is 18.5. The van der Waals surface area contributed by atoms with Crippen LogP contribution in [0.15, 0.2) is 40.8 Å². The number of carbonyl (C=O) groups is 1. The van der Waals surface area contributed by atoms with Crippen molar-refractivity contribution in [2.24, 2.45) is 0 Å². The van der Waals surface area contributed by atoms with Gasteiger partial charge in [-0.05, 0) is 69.5 Å². The van der Waals surface area contributed by atoms with E-state index in [0.29, 0.717) is 13.2 Å². The number of furan rings is 1. The van der Waals surface area contributed by atoms with Crippen LogP contribution in [-0.4, -0.2) is 19.6 Å². The third kappa shape index (κ3) is 4.35. The lowest BCUT2D eigenvalue weighted by Crippen LogP contribution is -2.20. The van der Waals surface area contributed by atoms with Crippen molar-refractivity contribution >= 4 is 22.4 Å². The number of ether oxygens (including phenoxy) is 2. The van der Waals surface area contributed by atoms with Gasteiger partial charge in [0.1, 0.15) is 22.8 Å². The number of amides is 1. The highest BCUT2D eigenvalue weighted by atomic mass is 16.5. The number of hydrogen-bond donors (Lipinski definition) is 1. The molecule has 0 aliphatic carbocycles. The first kappa shape index (κ1) is 21.5. The standard InChI is InChI=1S/C25H29NO4/c1-7-29-24-17(4)25-22(16(3)18(5)30-25)13-21(24)15(2)11-23(27)26-14-19-9-8-10-20(12-19)28-6/h8-13H,7,14H2,1-6H3,(H,26,27)/b15-11+. The Morgan fingerprint density at radius 3 is 2.63 bits per heavy atom. The Morgan fingerprint density at radius 2 is 1.93 bits per heavy atom. The van der Waals surface area contributed by atoms with Gasteiger partial charge < -0.3 is 19.2 Å². The van der Waals surface area contributed by atoms with E-state index in [1.165, 1.54) is 0 Å². The van der Waals surface area contributed by atoms with Gasteiger partial charge in [0.05, 0.1) is 13.7 Å². The van der Waals surface area contributed by atoms with Crippen molar-refractivity contribution in [2.75, 3.05) is 13.7 Å². The van der Waals surface area contributed by atoms with Crippen molar-refractivity contribution in [3.05, 3.63) is 64.4 Å². The molecule has 1 N–H and O–H groups in total. The van der Waals surface area contributed by atoms with E-state index in [0.717, 1.165) is 56.1 Å². The predicted octanol–water partition coefficient (Wildman–Crippen LogP) is 5.49. The summed E-state index contributed by atoms with van der Waals surface area (Å²) in [5.74, 6) is 2.26. The van der Waals surface area contributed by atoms with Crippen molar-refractivity contribution < 1.29 is 18.7 Å². The Labute approximate surface area is 177 Å². The lowest BCUT2D eigenvalue weighted by molar-refractivity contribution is -0.116. The maximum atomic E-state index is 12.6. The molecule has 5 heteroatoms. The van der Waals surface area contributed by atoms with Crippen LogP contribution in [0, 0.1) is 20.8 Å². The molecule has 0 saturated heterocycles. The van der Waals surface area contributed by atoms with Crippen LogP contribution >= 0.6 is 0 Å². The topological polar surface area (TPSA) is 60.7 Å². The minimum atomic E-state index is -0.157. The highest BCUT2D eigenvalue weighted by molar-refractivity contribution is 5.98. The lowest BCUT2D eigenvalue weighted by atomic mass is 9.98. The van der Waals surface area contributed by atoms with E-state index in [-0.39, 0.29) is 5.91 Å². The molecule has 0 fully saturated rings. The van der Waals surface area contributed by atoms with E-state index in [1.807, 2.05) is 58.9 Å². The van der Waals surface area contributed by atoms with Gasteiger partial charge in [-0.15, -0.1) is 0 Å². The van der Waals surface area contributed by atoms with Crippen LogP contribution < -0.4 is 14.8 Å². The van der Waals surface area contributed by atoms with Crippen molar-refractivity contribution in [1.82, 2.24) is 5.32 Å². The first-order valence-electron chi connectivity index (χ1n) is 10.1. The molecule has 0 spiro atoms. The second-order valence-electron chi connectivity index (χ2n) is 7.37. The summed E-state index contributed by atoms with van der Waals surface area (Å²) in [6, 6.07) is 9.70. The molecule has 0 unspecified atom stereocenters. The summed E-state index contributed by atoms with van der Waals surface area (Å²) in [6.45, 7) is 10.8. The molecule has 5 nitrogen and oxygen atoms in total. The Kier molecular flexibility index (Phi) is 6.50. The van der Waals surface area contributed by atoms with Gasteiger partial charge in [-0.3, -0.25) is 4.79 Å². The van der Waals surface area contributed by atoms with Crippen molar-refractivity contribution in [3.8, 4) is 11.5 Å². The monoisotopic (exact) mass is 407 g/mol. The zero-order valence-corrected chi connectivity index (χ0v) is 18.5. The van der Waals surface area contributed by atoms with E-state index in [9.17, 15) is 4.79 Å². The van der Waals surface area contributed by atoms with E-state index >= 15 is 0 Å². The third-order valence-electron chi connectivity index (χ3n) is 5.31. The molecule has 1 amide bonds. The highest BCUT2D eigenvalue weighted by Gasteiger charge is 2.18. The van der Waals surface area contributed by atoms with Crippen LogP contribution in [0.3, 0.4) is 0 Å². The molecule has 0 bridgehead atoms. The maximum absolute atomic E-state index is 12.6.